The van der Waals surface area contributed by atoms with E-state index in [2.05, 4.69) is 23.6 Å². The summed E-state index contributed by atoms with van der Waals surface area (Å²) in [5.41, 5.74) is 5.63. The van der Waals surface area contributed by atoms with Crippen molar-refractivity contribution in [3.8, 4) is 0 Å². The molecule has 0 spiro atoms. The lowest BCUT2D eigenvalue weighted by Crippen LogP contribution is -2.13. The summed E-state index contributed by atoms with van der Waals surface area (Å²) in [5.74, 6) is 1.43. The van der Waals surface area contributed by atoms with Crippen molar-refractivity contribution >= 4 is 45.5 Å². The average Bonchev–Trinajstić information content (AvgIpc) is 3.05. The number of carbonyl (C=O) groups excluding carboxylic acids is 1. The van der Waals surface area contributed by atoms with Crippen molar-refractivity contribution in [1.82, 2.24) is 4.57 Å². The predicted molar refractivity (Wildman–Crippen MR) is 103 cm³/mol. The lowest BCUT2D eigenvalue weighted by atomic mass is 9.88. The molecule has 0 fully saturated rings. The number of carbonyl (C=O) groups is 1. The second-order valence-electron chi connectivity index (χ2n) is 6.53. The number of aromatic nitrogens is 1. The smallest absolute Gasteiger partial charge is 0.187 e. The Bertz CT molecular complexity index is 803. The van der Waals surface area contributed by atoms with E-state index < -0.39 is 0 Å². The molecule has 1 heterocycles. The summed E-state index contributed by atoms with van der Waals surface area (Å²) >= 11 is 11.8. The number of nitrogens with zero attached hydrogens (tertiary/aromatic N) is 1. The topological polar surface area (TPSA) is 22.0 Å². The molecular weight excluding hydrogens is 341 g/mol. The highest BCUT2D eigenvalue weighted by Crippen LogP contribution is 2.46. The Hall–Kier alpha value is -1.25. The number of aryl methyl sites for hydroxylation is 1. The maximum absolute atomic E-state index is 13.2. The average molecular weight is 364 g/mol. The van der Waals surface area contributed by atoms with Gasteiger partial charge in [-0.3, -0.25) is 4.79 Å². The van der Waals surface area contributed by atoms with Gasteiger partial charge in [-0.25, -0.2) is 0 Å². The van der Waals surface area contributed by atoms with Crippen molar-refractivity contribution in [2.24, 2.45) is 13.0 Å². The largest absolute Gasteiger partial charge is 0.341 e. The summed E-state index contributed by atoms with van der Waals surface area (Å²) in [6, 6.07) is 8.28. The fourth-order valence-corrected chi connectivity index (χ4v) is 4.25. The molecule has 24 heavy (non-hydrogen) atoms. The molecule has 1 atom stereocenters. The van der Waals surface area contributed by atoms with Crippen LogP contribution in [0.25, 0.3) is 16.5 Å². The highest BCUT2D eigenvalue weighted by Gasteiger charge is 2.39. The first-order valence-corrected chi connectivity index (χ1v) is 9.62. The first-order valence-electron chi connectivity index (χ1n) is 8.55. The first kappa shape index (κ1) is 17.6. The summed E-state index contributed by atoms with van der Waals surface area (Å²) in [7, 11) is 1.99. The van der Waals surface area contributed by atoms with Gasteiger partial charge < -0.3 is 4.57 Å². The highest BCUT2D eigenvalue weighted by molar-refractivity contribution is 6.20. The molecule has 4 heteroatoms. The van der Waals surface area contributed by atoms with Crippen LogP contribution in [0.4, 0.5) is 0 Å². The molecular formula is C20H23Cl2NO. The lowest BCUT2D eigenvalue weighted by Gasteiger charge is -2.15. The number of alkyl halides is 2. The first-order chi connectivity index (χ1) is 11.6. The van der Waals surface area contributed by atoms with Crippen LogP contribution in [0.1, 0.15) is 48.7 Å². The Labute approximate surface area is 153 Å². The maximum atomic E-state index is 13.2. The Morgan fingerprint density at radius 3 is 2.58 bits per heavy atom. The van der Waals surface area contributed by atoms with Gasteiger partial charge in [0.15, 0.2) is 5.78 Å². The number of para-hydroxylation sites is 1. The van der Waals surface area contributed by atoms with Crippen LogP contribution in [0.5, 0.6) is 0 Å². The number of Topliss-reactive ketones (excluding diaryl/α,β-unsaturated/α-hetero) is 1. The molecule has 0 amide bonds. The van der Waals surface area contributed by atoms with Crippen molar-refractivity contribution in [2.45, 2.75) is 32.6 Å². The van der Waals surface area contributed by atoms with E-state index in [1.165, 1.54) is 16.5 Å². The van der Waals surface area contributed by atoms with Gasteiger partial charge in [-0.2, -0.15) is 0 Å². The quantitative estimate of drug-likeness (QED) is 0.594. The fraction of sp³-hybridized carbons (Fsp3) is 0.450. The van der Waals surface area contributed by atoms with Crippen LogP contribution in [-0.2, 0) is 7.05 Å². The summed E-state index contributed by atoms with van der Waals surface area (Å²) in [4.78, 5) is 13.2. The van der Waals surface area contributed by atoms with Gasteiger partial charge in [-0.05, 0) is 44.2 Å². The van der Waals surface area contributed by atoms with Crippen LogP contribution in [0.2, 0.25) is 0 Å². The number of hydrogen-bond acceptors (Lipinski definition) is 1. The fourth-order valence-electron chi connectivity index (χ4n) is 3.96. The third-order valence-corrected chi connectivity index (χ3v) is 5.58. The summed E-state index contributed by atoms with van der Waals surface area (Å²) in [6.45, 7) is 2.15. The van der Waals surface area contributed by atoms with Gasteiger partial charge in [-0.1, -0.05) is 23.8 Å². The standard InChI is InChI=1S/C20H23Cl2NO/c1-13(7-5-11-21)17-15(9-6-12-22)20(24)19-18(17)14-8-3-4-10-16(14)23(19)2/h3-4,8,10,15H,5-7,9,11-12H2,1-2H3/b17-13-. The zero-order valence-electron chi connectivity index (χ0n) is 14.2. The van der Waals surface area contributed by atoms with Crippen LogP contribution in [0.15, 0.2) is 29.8 Å². The molecule has 0 saturated heterocycles. The Morgan fingerprint density at radius 1 is 1.17 bits per heavy atom. The van der Waals surface area contributed by atoms with Crippen molar-refractivity contribution in [3.05, 3.63) is 41.1 Å². The number of hydrogen-bond donors (Lipinski definition) is 0. The van der Waals surface area contributed by atoms with Crippen molar-refractivity contribution < 1.29 is 4.79 Å². The van der Waals surface area contributed by atoms with Gasteiger partial charge in [0.1, 0.15) is 0 Å². The zero-order chi connectivity index (χ0) is 17.3. The molecule has 2 nitrogen and oxygen atoms in total. The molecule has 3 rings (SSSR count). The van der Waals surface area contributed by atoms with Gasteiger partial charge in [-0.15, -0.1) is 23.2 Å². The van der Waals surface area contributed by atoms with E-state index in [4.69, 9.17) is 23.2 Å². The van der Waals surface area contributed by atoms with Crippen LogP contribution < -0.4 is 0 Å². The van der Waals surface area contributed by atoms with E-state index in [0.717, 1.165) is 42.5 Å². The lowest BCUT2D eigenvalue weighted by molar-refractivity contribution is 0.0946. The molecule has 0 aliphatic heterocycles. The number of fused-ring (bicyclic) bond motifs is 3. The summed E-state index contributed by atoms with van der Waals surface area (Å²) in [5, 5.41) is 1.18. The third kappa shape index (κ3) is 2.80. The highest BCUT2D eigenvalue weighted by atomic mass is 35.5. The molecule has 0 bridgehead atoms. The molecule has 128 valence electrons. The Morgan fingerprint density at radius 2 is 1.88 bits per heavy atom. The minimum atomic E-state index is -0.0557. The van der Waals surface area contributed by atoms with E-state index in [0.29, 0.717) is 11.8 Å². The number of rotatable bonds is 6. The van der Waals surface area contributed by atoms with Crippen molar-refractivity contribution in [2.75, 3.05) is 11.8 Å². The minimum absolute atomic E-state index is 0.0557. The van der Waals surface area contributed by atoms with E-state index in [1.807, 2.05) is 19.2 Å². The van der Waals surface area contributed by atoms with Crippen LogP contribution in [-0.4, -0.2) is 22.1 Å². The SMILES string of the molecule is C/C(CCCCl)=C1/c2c(n(C)c3ccccc23)C(=O)C1CCCCl. The van der Waals surface area contributed by atoms with Crippen LogP contribution >= 0.6 is 23.2 Å². The second kappa shape index (κ2) is 7.33. The summed E-state index contributed by atoms with van der Waals surface area (Å²) < 4.78 is 2.06. The van der Waals surface area contributed by atoms with Crippen molar-refractivity contribution in [3.63, 3.8) is 0 Å². The molecule has 0 saturated carbocycles. The molecule has 0 N–H and O–H groups in total. The van der Waals surface area contributed by atoms with Gasteiger partial charge >= 0.3 is 0 Å². The number of ketones is 1. The van der Waals surface area contributed by atoms with E-state index in [1.54, 1.807) is 0 Å². The predicted octanol–water partition coefficient (Wildman–Crippen LogP) is 5.80. The summed E-state index contributed by atoms with van der Waals surface area (Å²) in [6.07, 6.45) is 3.55. The van der Waals surface area contributed by atoms with Crippen LogP contribution in [0.3, 0.4) is 0 Å². The van der Waals surface area contributed by atoms with Gasteiger partial charge in [0, 0.05) is 41.2 Å². The maximum Gasteiger partial charge on any atom is 0.187 e. The Kier molecular flexibility index (Phi) is 5.36. The van der Waals surface area contributed by atoms with Crippen molar-refractivity contribution in [1.29, 1.82) is 0 Å². The van der Waals surface area contributed by atoms with E-state index in [9.17, 15) is 4.79 Å². The normalized spacial score (nSPS) is 19.2. The van der Waals surface area contributed by atoms with Gasteiger partial charge in [0.25, 0.3) is 0 Å². The van der Waals surface area contributed by atoms with E-state index >= 15 is 0 Å². The number of halogens is 2. The third-order valence-electron chi connectivity index (χ3n) is 5.05. The van der Waals surface area contributed by atoms with Crippen LogP contribution in [0, 0.1) is 5.92 Å². The molecule has 1 aliphatic rings. The number of benzene rings is 1. The zero-order valence-corrected chi connectivity index (χ0v) is 15.8. The van der Waals surface area contributed by atoms with Gasteiger partial charge in [0.05, 0.1) is 5.69 Å². The second-order valence-corrected chi connectivity index (χ2v) is 7.29. The molecule has 0 radical (unpaired) electrons. The minimum Gasteiger partial charge on any atom is -0.341 e. The molecule has 1 aliphatic carbocycles. The molecule has 1 aromatic heterocycles. The van der Waals surface area contributed by atoms with E-state index in [-0.39, 0.29) is 11.7 Å². The molecule has 1 unspecified atom stereocenters. The molecule has 2 aromatic rings. The molecule has 1 aromatic carbocycles. The Balaban J connectivity index is 2.20. The number of allylic oxidation sites excluding steroid dienone is 2. The van der Waals surface area contributed by atoms with Gasteiger partial charge in [0.2, 0.25) is 0 Å². The monoisotopic (exact) mass is 363 g/mol.